The monoisotopic (exact) mass is 903 g/mol. The molecule has 5 aliphatic heterocycles. The van der Waals surface area contributed by atoms with E-state index in [2.05, 4.69) is 45.9 Å². The van der Waals surface area contributed by atoms with Gasteiger partial charge in [-0.05, 0) is 79.5 Å². The number of hydrogen-bond donors (Lipinski definition) is 2. The lowest BCUT2D eigenvalue weighted by atomic mass is 9.73. The van der Waals surface area contributed by atoms with Crippen molar-refractivity contribution in [1.82, 2.24) is 35.2 Å². The number of hydrazine groups is 1. The molecule has 12 rings (SSSR count). The number of hydrogen-bond acceptors (Lipinski definition) is 11. The van der Waals surface area contributed by atoms with Gasteiger partial charge in [0.1, 0.15) is 17.9 Å². The molecule has 3 saturated heterocycles. The molecule has 3 aromatic heterocycles. The van der Waals surface area contributed by atoms with E-state index in [9.17, 15) is 14.4 Å². The van der Waals surface area contributed by atoms with Crippen LogP contribution in [0.1, 0.15) is 110 Å². The standard InChI is InChI=1S/C50H58FN7O6S/c1-25-26(2)38(25)47(59)54-35-20-37-53-36(23-65-37)33-19-32-34(21-50(4,5)24-64-49(61)44-29-17-30(18-29)58(55-44)48(35)60)46(57-12-8-10-31(42(33)51)45(32)57)41-39-28(9-7-11-56-13-15-63-16-14-56)22-52-43(40(39)41)27(3)62-6/h19,22-23,25-27,29-30,35,38,41,44,55H,8,10-18,20-21,24H2,1-6H3,(H,54,59)/t25-,26+,27-,29?,30?,35-,38?,41?,44-/m0/s1. The average Bonchev–Trinajstić information content (AvgIpc) is 4.04. The van der Waals surface area contributed by atoms with E-state index in [0.717, 1.165) is 70.6 Å². The summed E-state index contributed by atoms with van der Waals surface area (Å²) in [6.07, 6.45) is 5.00. The van der Waals surface area contributed by atoms with E-state index in [1.807, 2.05) is 38.4 Å². The van der Waals surface area contributed by atoms with Crippen molar-refractivity contribution in [3.8, 4) is 23.1 Å². The van der Waals surface area contributed by atoms with Crippen LogP contribution in [0, 0.1) is 46.7 Å². The maximum atomic E-state index is 17.3. The van der Waals surface area contributed by atoms with E-state index in [1.165, 1.54) is 11.3 Å². The number of aromatic nitrogens is 3. The van der Waals surface area contributed by atoms with Crippen LogP contribution in [0.2, 0.25) is 0 Å². The summed E-state index contributed by atoms with van der Waals surface area (Å²) >= 11 is 1.37. The van der Waals surface area contributed by atoms with Gasteiger partial charge in [0.25, 0.3) is 5.91 Å². The van der Waals surface area contributed by atoms with Gasteiger partial charge in [-0.3, -0.25) is 29.3 Å². The third-order valence-corrected chi connectivity index (χ3v) is 16.5. The van der Waals surface area contributed by atoms with E-state index >= 15 is 4.39 Å². The first-order chi connectivity index (χ1) is 31.3. The fourth-order valence-corrected chi connectivity index (χ4v) is 12.3. The molecule has 342 valence electrons. The predicted molar refractivity (Wildman–Crippen MR) is 242 cm³/mol. The average molecular weight is 904 g/mol. The van der Waals surface area contributed by atoms with E-state index < -0.39 is 23.5 Å². The Bertz CT molecular complexity index is 2680. The zero-order valence-corrected chi connectivity index (χ0v) is 38.9. The Labute approximate surface area is 383 Å². The molecule has 3 aliphatic carbocycles. The number of rotatable bonds is 6. The number of amides is 2. The molecule has 8 aliphatic rings. The number of nitrogens with one attached hydrogen (secondary N) is 2. The summed E-state index contributed by atoms with van der Waals surface area (Å²) in [5, 5.41) is 8.11. The number of aryl methyl sites for hydroxylation is 2. The number of ether oxygens (including phenoxy) is 3. The molecule has 8 bridgehead atoms. The van der Waals surface area contributed by atoms with Crippen LogP contribution in [0.4, 0.5) is 4.39 Å². The summed E-state index contributed by atoms with van der Waals surface area (Å²) in [4.78, 5) is 54.6. The van der Waals surface area contributed by atoms with Crippen molar-refractivity contribution in [3.63, 3.8) is 0 Å². The summed E-state index contributed by atoms with van der Waals surface area (Å²) < 4.78 is 37.4. The van der Waals surface area contributed by atoms with E-state index in [1.54, 1.807) is 12.1 Å². The van der Waals surface area contributed by atoms with Gasteiger partial charge in [-0.2, -0.15) is 0 Å². The quantitative estimate of drug-likeness (QED) is 0.162. The van der Waals surface area contributed by atoms with Gasteiger partial charge in [0.2, 0.25) is 5.91 Å². The molecule has 2 unspecified atom stereocenters. The Morgan fingerprint density at radius 1 is 1.14 bits per heavy atom. The van der Waals surface area contributed by atoms with Crippen LogP contribution in [0.3, 0.4) is 0 Å². The molecular weight excluding hydrogens is 846 g/mol. The topological polar surface area (TPSA) is 140 Å². The summed E-state index contributed by atoms with van der Waals surface area (Å²) in [6.45, 7) is 15.0. The Morgan fingerprint density at radius 3 is 2.68 bits per heavy atom. The molecule has 5 fully saturated rings. The summed E-state index contributed by atoms with van der Waals surface area (Å²) in [7, 11) is 1.70. The number of pyridine rings is 1. The third-order valence-electron chi connectivity index (χ3n) is 15.6. The molecule has 2 amide bonds. The number of benzene rings is 1. The molecule has 0 spiro atoms. The van der Waals surface area contributed by atoms with Gasteiger partial charge in [0.05, 0.1) is 60.3 Å². The van der Waals surface area contributed by atoms with Crippen LogP contribution in [0.15, 0.2) is 17.6 Å². The largest absolute Gasteiger partial charge is 0.464 e. The van der Waals surface area contributed by atoms with Crippen LogP contribution in [0.25, 0.3) is 22.2 Å². The van der Waals surface area contributed by atoms with Crippen LogP contribution >= 0.6 is 11.3 Å². The van der Waals surface area contributed by atoms with Crippen molar-refractivity contribution in [1.29, 1.82) is 0 Å². The number of morpholine rings is 1. The highest BCUT2D eigenvalue weighted by Gasteiger charge is 2.53. The fourth-order valence-electron chi connectivity index (χ4n) is 11.5. The first-order valence-electron chi connectivity index (χ1n) is 23.5. The first-order valence-corrected chi connectivity index (χ1v) is 24.4. The highest BCUT2D eigenvalue weighted by Crippen LogP contribution is 2.57. The maximum absolute atomic E-state index is 17.3. The molecule has 13 nitrogen and oxygen atoms in total. The van der Waals surface area contributed by atoms with E-state index in [0.29, 0.717) is 67.3 Å². The van der Waals surface area contributed by atoms with Gasteiger partial charge in [-0.25, -0.2) is 14.8 Å². The van der Waals surface area contributed by atoms with Gasteiger partial charge in [0, 0.05) is 89.9 Å². The molecule has 8 heterocycles. The lowest BCUT2D eigenvalue weighted by Crippen LogP contribution is -2.71. The van der Waals surface area contributed by atoms with Crippen LogP contribution in [-0.4, -0.2) is 107 Å². The number of nitrogens with zero attached hydrogens (tertiary/aromatic N) is 5. The van der Waals surface area contributed by atoms with Crippen molar-refractivity contribution >= 4 is 40.0 Å². The van der Waals surface area contributed by atoms with Gasteiger partial charge in [0.15, 0.2) is 0 Å². The number of halogens is 1. The molecule has 2 saturated carbocycles. The van der Waals surface area contributed by atoms with E-state index in [-0.39, 0.29) is 72.4 Å². The minimum absolute atomic E-state index is 0.0442. The Morgan fingerprint density at radius 2 is 1.92 bits per heavy atom. The molecular formula is C50H58FN7O6S. The van der Waals surface area contributed by atoms with Gasteiger partial charge in [-0.1, -0.05) is 39.5 Å². The number of methoxy groups -OCH3 is 1. The molecule has 1 aromatic carbocycles. The minimum Gasteiger partial charge on any atom is -0.464 e. The second-order valence-electron chi connectivity index (χ2n) is 20.4. The van der Waals surface area contributed by atoms with Gasteiger partial charge < -0.3 is 24.1 Å². The summed E-state index contributed by atoms with van der Waals surface area (Å²) in [5.41, 5.74) is 11.4. The normalized spacial score (nSPS) is 29.4. The Kier molecular flexibility index (Phi) is 10.7. The molecule has 7 atom stereocenters. The van der Waals surface area contributed by atoms with Crippen molar-refractivity contribution in [2.45, 2.75) is 110 Å². The third kappa shape index (κ3) is 7.39. The lowest BCUT2D eigenvalue weighted by molar-refractivity contribution is -0.171. The highest BCUT2D eigenvalue weighted by molar-refractivity contribution is 7.10. The van der Waals surface area contributed by atoms with Crippen molar-refractivity contribution < 1.29 is 33.0 Å². The number of carbonyl (C=O) groups is 3. The first kappa shape index (κ1) is 42.9. The number of thiazole rings is 1. The fraction of sp³-hybridized carbons (Fsp3) is 0.580. The SMILES string of the molecule is CO[C@@H](C)c1ncc(C#CCN2CCOCC2)c2c1C2c1c2c3cc(c(F)c4c3n1CCC4)-c1csc(n1)C[C@H](NC(=O)C1[C@@H](C)[C@H]1C)C(=O)N1N[C@H](C(=O)OCC(C)(C)C2)C2CC1C2. The highest BCUT2D eigenvalue weighted by atomic mass is 32.1. The van der Waals surface area contributed by atoms with E-state index in [4.69, 9.17) is 24.2 Å². The van der Waals surface area contributed by atoms with Gasteiger partial charge in [-0.15, -0.1) is 11.3 Å². The lowest BCUT2D eigenvalue weighted by Gasteiger charge is -2.53. The van der Waals surface area contributed by atoms with Crippen LogP contribution < -0.4 is 10.7 Å². The maximum Gasteiger partial charge on any atom is 0.325 e. The predicted octanol–water partition coefficient (Wildman–Crippen LogP) is 5.68. The Balaban J connectivity index is 1.03. The van der Waals surface area contributed by atoms with Crippen LogP contribution in [0.5, 0.6) is 0 Å². The minimum atomic E-state index is -0.924. The number of fused-ring (bicyclic) bond motifs is 5. The summed E-state index contributed by atoms with van der Waals surface area (Å²) in [6, 6.07) is 0.261. The van der Waals surface area contributed by atoms with Crippen molar-refractivity contribution in [2.24, 2.45) is 29.1 Å². The number of carbonyl (C=O) groups excluding carboxylic acids is 3. The second kappa shape index (κ2) is 16.3. The molecule has 2 N–H and O–H groups in total. The van der Waals surface area contributed by atoms with Gasteiger partial charge >= 0.3 is 5.97 Å². The molecule has 0 radical (unpaired) electrons. The molecule has 15 heteroatoms. The smallest absolute Gasteiger partial charge is 0.325 e. The molecule has 65 heavy (non-hydrogen) atoms. The second-order valence-corrected chi connectivity index (χ2v) is 21.3. The van der Waals surface area contributed by atoms with Crippen LogP contribution in [-0.2, 0) is 54.4 Å². The summed E-state index contributed by atoms with van der Waals surface area (Å²) in [5.74, 6) is 5.98. The van der Waals surface area contributed by atoms with Crippen molar-refractivity contribution in [2.75, 3.05) is 46.6 Å². The Hall–Kier alpha value is -4.72. The zero-order chi connectivity index (χ0) is 45.1. The molecule has 4 aromatic rings. The zero-order valence-electron chi connectivity index (χ0n) is 38.1. The number of cyclic esters (lactones) is 1. The number of esters is 1. The van der Waals surface area contributed by atoms with Crippen molar-refractivity contribution in [3.05, 3.63) is 67.7 Å².